The Labute approximate surface area is 144 Å². The van der Waals surface area contributed by atoms with Crippen LogP contribution in [0.1, 0.15) is 23.2 Å². The fourth-order valence-electron chi connectivity index (χ4n) is 3.71. The van der Waals surface area contributed by atoms with Crippen molar-refractivity contribution in [2.75, 3.05) is 0 Å². The predicted molar refractivity (Wildman–Crippen MR) is 102 cm³/mol. The van der Waals surface area contributed by atoms with Gasteiger partial charge < -0.3 is 5.11 Å². The molecule has 3 atom stereocenters. The van der Waals surface area contributed by atoms with Gasteiger partial charge in [-0.1, -0.05) is 42.5 Å². The molecule has 120 valence electrons. The van der Waals surface area contributed by atoms with Gasteiger partial charge in [-0.3, -0.25) is 4.98 Å². The van der Waals surface area contributed by atoms with Crippen molar-refractivity contribution in [3.63, 3.8) is 0 Å². The van der Waals surface area contributed by atoms with Crippen molar-refractivity contribution in [3.8, 4) is 5.75 Å². The van der Waals surface area contributed by atoms with Crippen molar-refractivity contribution >= 4 is 20.9 Å². The van der Waals surface area contributed by atoms with Crippen LogP contribution in [0.5, 0.6) is 5.75 Å². The van der Waals surface area contributed by atoms with Crippen molar-refractivity contribution in [2.45, 2.75) is 12.8 Å². The van der Waals surface area contributed by atoms with Gasteiger partial charge in [-0.25, -0.2) is 0 Å². The Bertz CT molecular complexity index is 866. The number of hydrogen-bond donors (Lipinski definition) is 1. The van der Waals surface area contributed by atoms with Crippen LogP contribution in [-0.2, 0) is 6.42 Å². The molecule has 0 aliphatic heterocycles. The molecule has 1 heterocycles. The summed E-state index contributed by atoms with van der Waals surface area (Å²) >= 11 is 0. The normalized spacial score (nSPS) is 24.0. The number of hydrogen-bond acceptors (Lipinski definition) is 2. The van der Waals surface area contributed by atoms with Crippen molar-refractivity contribution in [3.05, 3.63) is 83.0 Å². The van der Waals surface area contributed by atoms with Gasteiger partial charge in [0.25, 0.3) is 0 Å². The molecule has 3 unspecified atom stereocenters. The van der Waals surface area contributed by atoms with E-state index >= 15 is 0 Å². The summed E-state index contributed by atoms with van der Waals surface area (Å²) < 4.78 is 0. The first-order valence-corrected chi connectivity index (χ1v) is 8.89. The van der Waals surface area contributed by atoms with E-state index in [0.717, 1.165) is 18.4 Å². The van der Waals surface area contributed by atoms with Gasteiger partial charge in [0, 0.05) is 17.8 Å². The zero-order chi connectivity index (χ0) is 16.5. The summed E-state index contributed by atoms with van der Waals surface area (Å²) in [7, 11) is 2.81. The first-order valence-electron chi connectivity index (χ1n) is 8.31. The molecular formula is C21H20NOP. The van der Waals surface area contributed by atoms with Gasteiger partial charge in [-0.2, -0.15) is 0 Å². The number of nitrogens with zero attached hydrogens (tertiary/aromatic N) is 1. The Kier molecular flexibility index (Phi) is 4.08. The van der Waals surface area contributed by atoms with E-state index in [2.05, 4.69) is 44.6 Å². The van der Waals surface area contributed by atoms with Crippen LogP contribution >= 0.6 is 9.24 Å². The molecule has 0 saturated heterocycles. The second-order valence-electron chi connectivity index (χ2n) is 6.45. The zero-order valence-corrected chi connectivity index (χ0v) is 14.5. The van der Waals surface area contributed by atoms with Gasteiger partial charge in [0.1, 0.15) is 5.75 Å². The average molecular weight is 333 g/mol. The van der Waals surface area contributed by atoms with Crippen LogP contribution in [0.3, 0.4) is 0 Å². The monoisotopic (exact) mass is 333 g/mol. The standard InChI is InChI=1S/C21H20NOP/c23-16-4-1-3-14(11-16)12-20-18-8-7-17(24)13-15(18)6-9-21-19(20)5-2-10-22-21/h1-5,7-8,10-13,15,18,23H,6,9,24H2/b20-12-. The zero-order valence-electron chi connectivity index (χ0n) is 13.4. The second-order valence-corrected chi connectivity index (χ2v) is 7.11. The lowest BCUT2D eigenvalue weighted by Crippen LogP contribution is -2.13. The lowest BCUT2D eigenvalue weighted by Gasteiger charge is -2.26. The van der Waals surface area contributed by atoms with Gasteiger partial charge in [-0.05, 0) is 59.0 Å². The molecule has 1 N–H and O–H groups in total. The number of fused-ring (bicyclic) bond motifs is 2. The SMILES string of the molecule is Oc1cccc(/C=C2\c3cccnc3CCC3C=C(P)C=CC23)c1. The van der Waals surface area contributed by atoms with Crippen LogP contribution in [0.2, 0.25) is 0 Å². The predicted octanol–water partition coefficient (Wildman–Crippen LogP) is 4.84. The first kappa shape index (κ1) is 15.4. The third-order valence-electron chi connectivity index (χ3n) is 4.83. The van der Waals surface area contributed by atoms with E-state index in [9.17, 15) is 5.11 Å². The largest absolute Gasteiger partial charge is 0.508 e. The Morgan fingerprint density at radius 2 is 2.12 bits per heavy atom. The fourth-order valence-corrected chi connectivity index (χ4v) is 4.07. The molecule has 0 amide bonds. The van der Waals surface area contributed by atoms with Gasteiger partial charge in [0.15, 0.2) is 0 Å². The van der Waals surface area contributed by atoms with Crippen molar-refractivity contribution in [2.24, 2.45) is 11.8 Å². The highest BCUT2D eigenvalue weighted by Crippen LogP contribution is 2.42. The maximum absolute atomic E-state index is 9.79. The fraction of sp³-hybridized carbons (Fsp3) is 0.190. The summed E-state index contributed by atoms with van der Waals surface area (Å²) in [6, 6.07) is 11.6. The minimum atomic E-state index is 0.298. The topological polar surface area (TPSA) is 33.1 Å². The third kappa shape index (κ3) is 2.95. The number of rotatable bonds is 1. The molecule has 0 spiro atoms. The summed E-state index contributed by atoms with van der Waals surface area (Å²) in [6.45, 7) is 0. The number of phenols is 1. The van der Waals surface area contributed by atoms with Crippen LogP contribution < -0.4 is 0 Å². The number of aromatic nitrogens is 1. The van der Waals surface area contributed by atoms with Gasteiger partial charge in [0.2, 0.25) is 0 Å². The molecule has 2 aliphatic rings. The molecule has 0 radical (unpaired) electrons. The van der Waals surface area contributed by atoms with E-state index in [4.69, 9.17) is 0 Å². The molecule has 2 nitrogen and oxygen atoms in total. The Hall–Kier alpha value is -2.18. The van der Waals surface area contributed by atoms with E-state index in [1.54, 1.807) is 6.07 Å². The molecule has 4 rings (SSSR count). The lowest BCUT2D eigenvalue weighted by molar-refractivity contribution is 0.475. The van der Waals surface area contributed by atoms with Gasteiger partial charge in [-0.15, -0.1) is 9.24 Å². The highest BCUT2D eigenvalue weighted by atomic mass is 31.0. The van der Waals surface area contributed by atoms with Crippen molar-refractivity contribution in [1.82, 2.24) is 4.98 Å². The highest BCUT2D eigenvalue weighted by Gasteiger charge is 2.29. The Morgan fingerprint density at radius 1 is 1.21 bits per heavy atom. The van der Waals surface area contributed by atoms with Crippen molar-refractivity contribution < 1.29 is 5.11 Å². The van der Waals surface area contributed by atoms with Crippen LogP contribution in [0.15, 0.2) is 66.1 Å². The average Bonchev–Trinajstić information content (AvgIpc) is 2.73. The molecule has 0 bridgehead atoms. The van der Waals surface area contributed by atoms with E-state index in [1.807, 2.05) is 30.5 Å². The molecule has 24 heavy (non-hydrogen) atoms. The summed E-state index contributed by atoms with van der Waals surface area (Å²) in [4.78, 5) is 4.63. The van der Waals surface area contributed by atoms with E-state index in [0.29, 0.717) is 17.6 Å². The maximum Gasteiger partial charge on any atom is 0.116 e. The minimum Gasteiger partial charge on any atom is -0.508 e. The quantitative estimate of drug-likeness (QED) is 0.758. The van der Waals surface area contributed by atoms with Crippen LogP contribution in [0.4, 0.5) is 0 Å². The smallest absolute Gasteiger partial charge is 0.116 e. The van der Waals surface area contributed by atoms with E-state index in [-0.39, 0.29) is 0 Å². The molecule has 2 aromatic rings. The third-order valence-corrected chi connectivity index (χ3v) is 5.22. The number of benzene rings is 1. The van der Waals surface area contributed by atoms with Crippen LogP contribution in [0.25, 0.3) is 11.6 Å². The van der Waals surface area contributed by atoms with E-state index in [1.165, 1.54) is 22.1 Å². The highest BCUT2D eigenvalue weighted by molar-refractivity contribution is 7.22. The van der Waals surface area contributed by atoms with E-state index < -0.39 is 0 Å². The summed E-state index contributed by atoms with van der Waals surface area (Å²) in [5, 5.41) is 11.0. The van der Waals surface area contributed by atoms with Crippen LogP contribution in [-0.4, -0.2) is 10.1 Å². The number of aryl methyl sites for hydroxylation is 1. The number of allylic oxidation sites excluding steroid dienone is 5. The van der Waals surface area contributed by atoms with Gasteiger partial charge >= 0.3 is 0 Å². The molecule has 0 fully saturated rings. The first-order chi connectivity index (χ1) is 11.7. The minimum absolute atomic E-state index is 0.298. The lowest BCUT2D eigenvalue weighted by atomic mass is 9.80. The number of pyridine rings is 1. The molecule has 2 aliphatic carbocycles. The maximum atomic E-state index is 9.79. The molecular weight excluding hydrogens is 313 g/mol. The second kappa shape index (κ2) is 6.37. The summed E-state index contributed by atoms with van der Waals surface area (Å²) in [5.74, 6) is 1.13. The Morgan fingerprint density at radius 3 is 3.00 bits per heavy atom. The molecule has 1 aromatic carbocycles. The Balaban J connectivity index is 1.87. The molecule has 0 saturated carbocycles. The number of phenolic OH excluding ortho intramolecular Hbond substituents is 1. The van der Waals surface area contributed by atoms with Crippen molar-refractivity contribution in [1.29, 1.82) is 0 Å². The molecule has 3 heteroatoms. The number of aromatic hydroxyl groups is 1. The van der Waals surface area contributed by atoms with Gasteiger partial charge in [0.05, 0.1) is 0 Å². The molecule has 1 aromatic heterocycles. The van der Waals surface area contributed by atoms with Crippen LogP contribution in [0, 0.1) is 11.8 Å². The summed E-state index contributed by atoms with van der Waals surface area (Å²) in [5.41, 5.74) is 4.72. The summed E-state index contributed by atoms with van der Waals surface area (Å²) in [6.07, 6.45) is 13.0.